The Morgan fingerprint density at radius 3 is 2.87 bits per heavy atom. The Morgan fingerprint density at radius 2 is 2.13 bits per heavy atom. The average Bonchev–Trinajstić information content (AvgIpc) is 2.94. The van der Waals surface area contributed by atoms with Gasteiger partial charge in [0.2, 0.25) is 5.76 Å². The highest BCUT2D eigenvalue weighted by molar-refractivity contribution is 5.96. The van der Waals surface area contributed by atoms with Gasteiger partial charge in [-0.3, -0.25) is 4.79 Å². The maximum absolute atomic E-state index is 12.2. The van der Waals surface area contributed by atoms with Crippen LogP contribution in [0.1, 0.15) is 23.0 Å². The molecule has 0 radical (unpaired) electrons. The number of furan rings is 1. The summed E-state index contributed by atoms with van der Waals surface area (Å²) in [6.07, 6.45) is 1.54. The van der Waals surface area contributed by atoms with E-state index in [0.717, 1.165) is 5.39 Å². The van der Waals surface area contributed by atoms with Gasteiger partial charge in [-0.05, 0) is 13.0 Å². The van der Waals surface area contributed by atoms with Crippen LogP contribution in [0.4, 0.5) is 0 Å². The van der Waals surface area contributed by atoms with Crippen LogP contribution < -0.4 is 5.32 Å². The second-order valence-electron chi connectivity index (χ2n) is 4.71. The summed E-state index contributed by atoms with van der Waals surface area (Å²) in [7, 11) is 0. The van der Waals surface area contributed by atoms with Crippen molar-refractivity contribution in [2.24, 2.45) is 0 Å². The van der Waals surface area contributed by atoms with Gasteiger partial charge in [-0.25, -0.2) is 4.79 Å². The van der Waals surface area contributed by atoms with Crippen molar-refractivity contribution < 1.29 is 23.5 Å². The van der Waals surface area contributed by atoms with Crippen LogP contribution in [0.5, 0.6) is 0 Å². The molecule has 122 valence electrons. The molecule has 0 unspecified atom stereocenters. The highest BCUT2D eigenvalue weighted by Crippen LogP contribution is 2.27. The van der Waals surface area contributed by atoms with E-state index in [2.05, 4.69) is 11.9 Å². The SMILES string of the molecule is C=CCNC(=O)COC(=O)c1oc2ccccc2c1COCC. The molecule has 1 aromatic carbocycles. The van der Waals surface area contributed by atoms with Crippen LogP contribution in [0.3, 0.4) is 0 Å². The zero-order chi connectivity index (χ0) is 16.7. The van der Waals surface area contributed by atoms with Crippen LogP contribution in [-0.2, 0) is 20.9 Å². The normalized spacial score (nSPS) is 10.5. The molecule has 0 bridgehead atoms. The molecule has 0 fully saturated rings. The number of carbonyl (C=O) groups is 2. The van der Waals surface area contributed by atoms with Gasteiger partial charge in [0.25, 0.3) is 5.91 Å². The van der Waals surface area contributed by atoms with E-state index in [1.54, 1.807) is 12.1 Å². The number of carbonyl (C=O) groups excluding carboxylic acids is 2. The molecule has 0 atom stereocenters. The minimum absolute atomic E-state index is 0.0659. The van der Waals surface area contributed by atoms with Crippen molar-refractivity contribution in [1.82, 2.24) is 5.32 Å². The van der Waals surface area contributed by atoms with E-state index >= 15 is 0 Å². The Morgan fingerprint density at radius 1 is 1.35 bits per heavy atom. The van der Waals surface area contributed by atoms with E-state index in [0.29, 0.717) is 24.3 Å². The van der Waals surface area contributed by atoms with E-state index < -0.39 is 11.9 Å². The molecule has 0 saturated carbocycles. The Balaban J connectivity index is 2.15. The summed E-state index contributed by atoms with van der Waals surface area (Å²) in [6, 6.07) is 7.28. The van der Waals surface area contributed by atoms with Crippen LogP contribution in [0, 0.1) is 0 Å². The van der Waals surface area contributed by atoms with Crippen molar-refractivity contribution in [3.8, 4) is 0 Å². The lowest BCUT2D eigenvalue weighted by Crippen LogP contribution is -2.28. The van der Waals surface area contributed by atoms with Crippen LogP contribution in [-0.4, -0.2) is 31.6 Å². The first-order valence-electron chi connectivity index (χ1n) is 7.30. The fourth-order valence-electron chi connectivity index (χ4n) is 2.04. The lowest BCUT2D eigenvalue weighted by molar-refractivity contribution is -0.124. The molecule has 23 heavy (non-hydrogen) atoms. The molecule has 1 N–H and O–H groups in total. The molecule has 6 heteroatoms. The number of rotatable bonds is 8. The van der Waals surface area contributed by atoms with Gasteiger partial charge in [-0.1, -0.05) is 24.3 Å². The fourth-order valence-corrected chi connectivity index (χ4v) is 2.04. The predicted molar refractivity (Wildman–Crippen MR) is 85.0 cm³/mol. The third-order valence-electron chi connectivity index (χ3n) is 3.11. The molecule has 1 heterocycles. The third kappa shape index (κ3) is 4.20. The summed E-state index contributed by atoms with van der Waals surface area (Å²) < 4.78 is 16.0. The zero-order valence-corrected chi connectivity index (χ0v) is 13.0. The maximum Gasteiger partial charge on any atom is 0.375 e. The van der Waals surface area contributed by atoms with Crippen LogP contribution in [0.15, 0.2) is 41.3 Å². The highest BCUT2D eigenvalue weighted by Gasteiger charge is 2.22. The molecule has 0 saturated heterocycles. The Labute approximate surface area is 134 Å². The standard InChI is InChI=1S/C17H19NO5/c1-3-9-18-15(19)11-22-17(20)16-13(10-21-4-2)12-7-5-6-8-14(12)23-16/h3,5-8H,1,4,9-11H2,2H3,(H,18,19). The van der Waals surface area contributed by atoms with Crippen molar-refractivity contribution in [1.29, 1.82) is 0 Å². The number of hydrogen-bond donors (Lipinski definition) is 1. The molecular formula is C17H19NO5. The number of ether oxygens (including phenoxy) is 2. The molecule has 0 spiro atoms. The lowest BCUT2D eigenvalue weighted by Gasteiger charge is -2.05. The maximum atomic E-state index is 12.2. The predicted octanol–water partition coefficient (Wildman–Crippen LogP) is 2.43. The molecule has 1 aromatic heterocycles. The topological polar surface area (TPSA) is 77.8 Å². The van der Waals surface area contributed by atoms with Crippen molar-refractivity contribution in [2.75, 3.05) is 19.8 Å². The van der Waals surface area contributed by atoms with Crippen LogP contribution in [0.25, 0.3) is 11.0 Å². The summed E-state index contributed by atoms with van der Waals surface area (Å²) in [5, 5.41) is 3.32. The van der Waals surface area contributed by atoms with E-state index in [1.165, 1.54) is 0 Å². The highest BCUT2D eigenvalue weighted by atomic mass is 16.5. The molecule has 0 aliphatic carbocycles. The van der Waals surface area contributed by atoms with Gasteiger partial charge >= 0.3 is 5.97 Å². The molecule has 0 aliphatic heterocycles. The van der Waals surface area contributed by atoms with E-state index in [1.807, 2.05) is 25.1 Å². The van der Waals surface area contributed by atoms with Crippen molar-refractivity contribution in [3.63, 3.8) is 0 Å². The Hall–Kier alpha value is -2.60. The number of nitrogens with one attached hydrogen (secondary N) is 1. The molecular weight excluding hydrogens is 298 g/mol. The van der Waals surface area contributed by atoms with Gasteiger partial charge in [-0.15, -0.1) is 6.58 Å². The van der Waals surface area contributed by atoms with Gasteiger partial charge in [0, 0.05) is 24.1 Å². The summed E-state index contributed by atoms with van der Waals surface area (Å²) >= 11 is 0. The van der Waals surface area contributed by atoms with Crippen molar-refractivity contribution >= 4 is 22.8 Å². The van der Waals surface area contributed by atoms with Gasteiger partial charge in [0.15, 0.2) is 6.61 Å². The fraction of sp³-hybridized carbons (Fsp3) is 0.294. The average molecular weight is 317 g/mol. The largest absolute Gasteiger partial charge is 0.450 e. The second kappa shape index (κ2) is 8.14. The minimum atomic E-state index is -0.690. The molecule has 6 nitrogen and oxygen atoms in total. The Kier molecular flexibility index (Phi) is 5.94. The van der Waals surface area contributed by atoms with E-state index in [9.17, 15) is 9.59 Å². The molecule has 1 amide bonds. The summed E-state index contributed by atoms with van der Waals surface area (Å²) in [4.78, 5) is 23.7. The minimum Gasteiger partial charge on any atom is -0.450 e. The molecule has 2 rings (SSSR count). The number of hydrogen-bond acceptors (Lipinski definition) is 5. The van der Waals surface area contributed by atoms with Crippen LogP contribution >= 0.6 is 0 Å². The Bertz CT molecular complexity index is 704. The number of benzene rings is 1. The summed E-state index contributed by atoms with van der Waals surface area (Å²) in [5.74, 6) is -1.03. The van der Waals surface area contributed by atoms with E-state index in [-0.39, 0.29) is 19.0 Å². The summed E-state index contributed by atoms with van der Waals surface area (Å²) in [6.45, 7) is 6.04. The number of fused-ring (bicyclic) bond motifs is 1. The van der Waals surface area contributed by atoms with Gasteiger partial charge in [0.05, 0.1) is 6.61 Å². The lowest BCUT2D eigenvalue weighted by atomic mass is 10.1. The van der Waals surface area contributed by atoms with E-state index in [4.69, 9.17) is 13.9 Å². The quantitative estimate of drug-likeness (QED) is 0.597. The van der Waals surface area contributed by atoms with Crippen molar-refractivity contribution in [3.05, 3.63) is 48.2 Å². The van der Waals surface area contributed by atoms with Gasteiger partial charge in [-0.2, -0.15) is 0 Å². The summed E-state index contributed by atoms with van der Waals surface area (Å²) in [5.41, 5.74) is 1.20. The van der Waals surface area contributed by atoms with Gasteiger partial charge in [0.1, 0.15) is 5.58 Å². The van der Waals surface area contributed by atoms with Crippen molar-refractivity contribution in [2.45, 2.75) is 13.5 Å². The number of amides is 1. The smallest absolute Gasteiger partial charge is 0.375 e. The molecule has 2 aromatic rings. The first-order valence-corrected chi connectivity index (χ1v) is 7.30. The monoisotopic (exact) mass is 317 g/mol. The number of para-hydroxylation sites is 1. The van der Waals surface area contributed by atoms with Crippen LogP contribution in [0.2, 0.25) is 0 Å². The second-order valence-corrected chi connectivity index (χ2v) is 4.71. The van der Waals surface area contributed by atoms with Gasteiger partial charge < -0.3 is 19.2 Å². The molecule has 0 aliphatic rings. The third-order valence-corrected chi connectivity index (χ3v) is 3.11. The first kappa shape index (κ1) is 16.8. The number of esters is 1. The first-order chi connectivity index (χ1) is 11.2. The zero-order valence-electron chi connectivity index (χ0n) is 13.0.